The molecule has 1 aromatic carbocycles. The second-order valence-corrected chi connectivity index (χ2v) is 7.21. The number of hydrogen-bond donors (Lipinski definition) is 1. The third-order valence-electron chi connectivity index (χ3n) is 3.89. The molecule has 29 heavy (non-hydrogen) atoms. The van der Waals surface area contributed by atoms with E-state index in [0.29, 0.717) is 23.3 Å². The van der Waals surface area contributed by atoms with E-state index in [1.54, 1.807) is 18.4 Å². The highest BCUT2D eigenvalue weighted by Gasteiger charge is 2.18. The predicted molar refractivity (Wildman–Crippen MR) is 110 cm³/mol. The van der Waals surface area contributed by atoms with Crippen LogP contribution in [0.2, 0.25) is 5.02 Å². The van der Waals surface area contributed by atoms with Gasteiger partial charge in [0.05, 0.1) is 22.5 Å². The standard InChI is InChI=1S/C18H16ClN5O4S/c1-3-7-23-17(13-6-8-28-11(13)2)21-22-18(23)29-10-16(25)20-12-4-5-14(19)15(9-12)24(26)27/h3-6,8-9H,1,7,10H2,2H3,(H,20,25). The van der Waals surface area contributed by atoms with Crippen LogP contribution in [0, 0.1) is 17.0 Å². The molecule has 150 valence electrons. The summed E-state index contributed by atoms with van der Waals surface area (Å²) in [5, 5.41) is 22.5. The second-order valence-electron chi connectivity index (χ2n) is 5.86. The largest absolute Gasteiger partial charge is 0.469 e. The number of nitro benzene ring substituents is 1. The Morgan fingerprint density at radius 1 is 1.45 bits per heavy atom. The van der Waals surface area contributed by atoms with Gasteiger partial charge < -0.3 is 9.73 Å². The first kappa shape index (κ1) is 20.6. The molecule has 0 bridgehead atoms. The minimum absolute atomic E-state index is 0.00182. The molecular formula is C18H16ClN5O4S. The number of nitro groups is 1. The van der Waals surface area contributed by atoms with E-state index in [2.05, 4.69) is 22.1 Å². The normalized spacial score (nSPS) is 10.7. The van der Waals surface area contributed by atoms with Gasteiger partial charge in [-0.15, -0.1) is 16.8 Å². The fourth-order valence-electron chi connectivity index (χ4n) is 2.56. The van der Waals surface area contributed by atoms with Gasteiger partial charge in [0.15, 0.2) is 11.0 Å². The van der Waals surface area contributed by atoms with Crippen LogP contribution in [0.25, 0.3) is 11.4 Å². The van der Waals surface area contributed by atoms with Gasteiger partial charge in [0, 0.05) is 18.3 Å². The maximum atomic E-state index is 12.3. The number of furan rings is 1. The first-order valence-electron chi connectivity index (χ1n) is 8.36. The molecule has 0 saturated heterocycles. The summed E-state index contributed by atoms with van der Waals surface area (Å²) < 4.78 is 7.15. The summed E-state index contributed by atoms with van der Waals surface area (Å²) in [5.74, 6) is 1.02. The SMILES string of the molecule is C=CCn1c(SCC(=O)Nc2ccc(Cl)c([N+](=O)[O-])c2)nnc1-c1ccoc1C. The molecule has 0 saturated carbocycles. The lowest BCUT2D eigenvalue weighted by Gasteiger charge is -2.08. The number of anilines is 1. The van der Waals surface area contributed by atoms with Crippen molar-refractivity contribution in [1.29, 1.82) is 0 Å². The van der Waals surface area contributed by atoms with Crippen LogP contribution >= 0.6 is 23.4 Å². The Morgan fingerprint density at radius 3 is 2.90 bits per heavy atom. The van der Waals surface area contributed by atoms with Crippen molar-refractivity contribution in [1.82, 2.24) is 14.8 Å². The zero-order valence-corrected chi connectivity index (χ0v) is 16.9. The number of nitrogens with one attached hydrogen (secondary N) is 1. The van der Waals surface area contributed by atoms with Crippen LogP contribution < -0.4 is 5.32 Å². The van der Waals surface area contributed by atoms with Gasteiger partial charge in [0.1, 0.15) is 10.8 Å². The number of aryl methyl sites for hydroxylation is 1. The number of allylic oxidation sites excluding steroid dienone is 1. The molecule has 0 atom stereocenters. The number of benzene rings is 1. The molecule has 9 nitrogen and oxygen atoms in total. The van der Waals surface area contributed by atoms with Gasteiger partial charge in [-0.25, -0.2) is 0 Å². The van der Waals surface area contributed by atoms with Crippen molar-refractivity contribution in [3.63, 3.8) is 0 Å². The minimum Gasteiger partial charge on any atom is -0.469 e. The Morgan fingerprint density at radius 2 is 2.24 bits per heavy atom. The van der Waals surface area contributed by atoms with E-state index in [9.17, 15) is 14.9 Å². The fourth-order valence-corrected chi connectivity index (χ4v) is 3.50. The molecule has 0 aliphatic rings. The zero-order chi connectivity index (χ0) is 21.0. The van der Waals surface area contributed by atoms with Crippen molar-refractivity contribution < 1.29 is 14.1 Å². The lowest BCUT2D eigenvalue weighted by atomic mass is 10.2. The number of aromatic nitrogens is 3. The van der Waals surface area contributed by atoms with Crippen LogP contribution in [0.4, 0.5) is 11.4 Å². The number of carbonyl (C=O) groups excluding carboxylic acids is 1. The van der Waals surface area contributed by atoms with E-state index in [1.807, 2.05) is 11.5 Å². The van der Waals surface area contributed by atoms with Crippen LogP contribution in [0.3, 0.4) is 0 Å². The summed E-state index contributed by atoms with van der Waals surface area (Å²) in [7, 11) is 0. The van der Waals surface area contributed by atoms with E-state index in [-0.39, 0.29) is 28.1 Å². The summed E-state index contributed by atoms with van der Waals surface area (Å²) in [6.07, 6.45) is 3.28. The molecule has 11 heteroatoms. The number of amides is 1. The summed E-state index contributed by atoms with van der Waals surface area (Å²) >= 11 is 6.97. The molecule has 0 unspecified atom stereocenters. The summed E-state index contributed by atoms with van der Waals surface area (Å²) in [4.78, 5) is 22.6. The van der Waals surface area contributed by atoms with Crippen molar-refractivity contribution in [2.45, 2.75) is 18.6 Å². The lowest BCUT2D eigenvalue weighted by molar-refractivity contribution is -0.384. The smallest absolute Gasteiger partial charge is 0.289 e. The van der Waals surface area contributed by atoms with E-state index in [1.165, 1.54) is 30.0 Å². The van der Waals surface area contributed by atoms with E-state index in [4.69, 9.17) is 16.0 Å². The molecular weight excluding hydrogens is 418 g/mol. The average molecular weight is 434 g/mol. The van der Waals surface area contributed by atoms with Crippen molar-refractivity contribution in [3.8, 4) is 11.4 Å². The number of halogens is 1. The molecule has 3 aromatic rings. The third-order valence-corrected chi connectivity index (χ3v) is 5.17. The molecule has 0 fully saturated rings. The Bertz CT molecular complexity index is 1080. The van der Waals surface area contributed by atoms with Crippen molar-refractivity contribution in [2.24, 2.45) is 0 Å². The highest BCUT2D eigenvalue weighted by molar-refractivity contribution is 7.99. The molecule has 3 rings (SSSR count). The van der Waals surface area contributed by atoms with Crippen molar-refractivity contribution >= 4 is 40.6 Å². The number of thioether (sulfide) groups is 1. The van der Waals surface area contributed by atoms with Gasteiger partial charge in [0.25, 0.3) is 5.69 Å². The highest BCUT2D eigenvalue weighted by atomic mass is 35.5. The summed E-state index contributed by atoms with van der Waals surface area (Å²) in [6.45, 7) is 6.03. The average Bonchev–Trinajstić information content (AvgIpc) is 3.27. The summed E-state index contributed by atoms with van der Waals surface area (Å²) in [5.41, 5.74) is 0.820. The molecule has 0 aliphatic carbocycles. The Balaban J connectivity index is 1.71. The van der Waals surface area contributed by atoms with Crippen LogP contribution in [0.5, 0.6) is 0 Å². The zero-order valence-electron chi connectivity index (χ0n) is 15.3. The molecule has 0 radical (unpaired) electrons. The number of nitrogens with zero attached hydrogens (tertiary/aromatic N) is 4. The molecule has 0 spiro atoms. The third kappa shape index (κ3) is 4.66. The van der Waals surface area contributed by atoms with E-state index >= 15 is 0 Å². The van der Waals surface area contributed by atoms with E-state index < -0.39 is 4.92 Å². The van der Waals surface area contributed by atoms with Gasteiger partial charge in [-0.05, 0) is 25.1 Å². The van der Waals surface area contributed by atoms with Crippen LogP contribution in [0.15, 0.2) is 52.8 Å². The molecule has 1 N–H and O–H groups in total. The maximum absolute atomic E-state index is 12.3. The lowest BCUT2D eigenvalue weighted by Crippen LogP contribution is -2.14. The highest BCUT2D eigenvalue weighted by Crippen LogP contribution is 2.29. The fraction of sp³-hybridized carbons (Fsp3) is 0.167. The molecule has 0 aliphatic heterocycles. The molecule has 2 aromatic heterocycles. The summed E-state index contributed by atoms with van der Waals surface area (Å²) in [6, 6.07) is 5.87. The topological polar surface area (TPSA) is 116 Å². The van der Waals surface area contributed by atoms with Gasteiger partial charge >= 0.3 is 0 Å². The van der Waals surface area contributed by atoms with Gasteiger partial charge in [-0.2, -0.15) is 0 Å². The van der Waals surface area contributed by atoms with Gasteiger partial charge in [0.2, 0.25) is 5.91 Å². The Hall–Kier alpha value is -3.11. The Kier molecular flexibility index (Phi) is 6.35. The monoisotopic (exact) mass is 433 g/mol. The van der Waals surface area contributed by atoms with Crippen molar-refractivity contribution in [3.05, 3.63) is 64.1 Å². The van der Waals surface area contributed by atoms with E-state index in [0.717, 1.165) is 5.56 Å². The van der Waals surface area contributed by atoms with Crippen molar-refractivity contribution in [2.75, 3.05) is 11.1 Å². The second kappa shape index (κ2) is 8.93. The number of carbonyl (C=O) groups is 1. The van der Waals surface area contributed by atoms with Crippen LogP contribution in [0.1, 0.15) is 5.76 Å². The molecule has 2 heterocycles. The van der Waals surface area contributed by atoms with Crippen LogP contribution in [-0.4, -0.2) is 31.3 Å². The minimum atomic E-state index is -0.607. The first-order chi connectivity index (χ1) is 13.9. The predicted octanol–water partition coefficient (Wildman–Crippen LogP) is 4.32. The van der Waals surface area contributed by atoms with Gasteiger partial charge in [-0.3, -0.25) is 19.5 Å². The number of hydrogen-bond acceptors (Lipinski definition) is 7. The Labute approximate surface area is 174 Å². The maximum Gasteiger partial charge on any atom is 0.289 e. The number of rotatable bonds is 8. The first-order valence-corrected chi connectivity index (χ1v) is 9.72. The van der Waals surface area contributed by atoms with Gasteiger partial charge in [-0.1, -0.05) is 29.4 Å². The quantitative estimate of drug-likeness (QED) is 0.243. The molecule has 1 amide bonds. The van der Waals surface area contributed by atoms with Crippen LogP contribution in [-0.2, 0) is 11.3 Å².